The van der Waals surface area contributed by atoms with Gasteiger partial charge in [-0.25, -0.2) is 4.68 Å². The molecule has 1 amide bonds. The molecule has 7 heteroatoms. The quantitative estimate of drug-likeness (QED) is 0.744. The highest BCUT2D eigenvalue weighted by Gasteiger charge is 2.36. The Labute approximate surface area is 157 Å². The third-order valence-electron chi connectivity index (χ3n) is 5.06. The molecule has 2 aromatic heterocycles. The lowest BCUT2D eigenvalue weighted by molar-refractivity contribution is 0.0919. The van der Waals surface area contributed by atoms with E-state index in [2.05, 4.69) is 34.5 Å². The first-order valence-corrected chi connectivity index (χ1v) is 8.98. The number of amides is 1. The lowest BCUT2D eigenvalue weighted by atomic mass is 9.74. The molecule has 0 bridgehead atoms. The van der Waals surface area contributed by atoms with Crippen LogP contribution in [0.15, 0.2) is 42.9 Å². The molecule has 0 saturated heterocycles. The number of nitrogens with one attached hydrogen (secondary N) is 2. The topological polar surface area (TPSA) is 84.8 Å². The van der Waals surface area contributed by atoms with E-state index in [1.54, 1.807) is 13.3 Å². The van der Waals surface area contributed by atoms with Crippen LogP contribution in [0.3, 0.4) is 0 Å². The number of carbonyl (C=O) groups excluding carboxylic acids is 1. The van der Waals surface area contributed by atoms with E-state index in [9.17, 15) is 4.79 Å². The van der Waals surface area contributed by atoms with Crippen molar-refractivity contribution in [2.45, 2.75) is 32.7 Å². The van der Waals surface area contributed by atoms with E-state index >= 15 is 0 Å². The van der Waals surface area contributed by atoms with Crippen molar-refractivity contribution in [2.75, 3.05) is 7.11 Å². The van der Waals surface area contributed by atoms with Gasteiger partial charge in [0.2, 0.25) is 0 Å². The molecule has 0 saturated carbocycles. The van der Waals surface area contributed by atoms with Gasteiger partial charge in [0.15, 0.2) is 0 Å². The highest BCUT2D eigenvalue weighted by atomic mass is 16.5. The standard InChI is InChI=1S/C20H23N5O2/c1-20(2)8-17(24-19(26)13-10-21-22-11-13)16-12-23-25(18(16)9-20)14-4-6-15(27-3)7-5-14/h4-7,10-12,17H,8-9H2,1-3H3,(H,21,22)(H,24,26)/t17-/m1/s1. The summed E-state index contributed by atoms with van der Waals surface area (Å²) in [4.78, 5) is 12.5. The summed E-state index contributed by atoms with van der Waals surface area (Å²) in [5.74, 6) is 0.681. The number of ether oxygens (including phenoxy) is 1. The number of carbonyl (C=O) groups is 1. The number of benzene rings is 1. The Kier molecular flexibility index (Phi) is 4.22. The smallest absolute Gasteiger partial charge is 0.254 e. The minimum absolute atomic E-state index is 0.0472. The highest BCUT2D eigenvalue weighted by molar-refractivity contribution is 5.93. The number of methoxy groups -OCH3 is 1. The lowest BCUT2D eigenvalue weighted by Crippen LogP contribution is -2.36. The summed E-state index contributed by atoms with van der Waals surface area (Å²) in [6, 6.07) is 7.75. The van der Waals surface area contributed by atoms with Gasteiger partial charge in [-0.2, -0.15) is 10.2 Å². The highest BCUT2D eigenvalue weighted by Crippen LogP contribution is 2.41. The monoisotopic (exact) mass is 365 g/mol. The predicted octanol–water partition coefficient (Wildman–Crippen LogP) is 3.05. The zero-order valence-electron chi connectivity index (χ0n) is 15.7. The van der Waals surface area contributed by atoms with Crippen molar-refractivity contribution in [3.05, 3.63) is 59.7 Å². The Morgan fingerprint density at radius 3 is 2.74 bits per heavy atom. The maximum Gasteiger partial charge on any atom is 0.254 e. The fourth-order valence-corrected chi connectivity index (χ4v) is 3.73. The number of nitrogens with zero attached hydrogens (tertiary/aromatic N) is 3. The van der Waals surface area contributed by atoms with E-state index in [-0.39, 0.29) is 17.4 Å². The molecule has 0 fully saturated rings. The Morgan fingerprint density at radius 2 is 2.07 bits per heavy atom. The van der Waals surface area contributed by atoms with Crippen LogP contribution in [-0.2, 0) is 6.42 Å². The molecule has 1 aliphatic carbocycles. The summed E-state index contributed by atoms with van der Waals surface area (Å²) in [7, 11) is 1.65. The van der Waals surface area contributed by atoms with Gasteiger partial charge >= 0.3 is 0 Å². The van der Waals surface area contributed by atoms with Gasteiger partial charge in [0.1, 0.15) is 5.75 Å². The summed E-state index contributed by atoms with van der Waals surface area (Å²) >= 11 is 0. The molecule has 1 aromatic carbocycles. The van der Waals surface area contributed by atoms with Crippen molar-refractivity contribution in [2.24, 2.45) is 5.41 Å². The minimum atomic E-state index is -0.130. The molecule has 3 aromatic rings. The third kappa shape index (κ3) is 3.32. The molecule has 0 spiro atoms. The minimum Gasteiger partial charge on any atom is -0.497 e. The molecular weight excluding hydrogens is 342 g/mol. The molecular formula is C20H23N5O2. The SMILES string of the molecule is COc1ccc(-n2ncc3c2CC(C)(C)C[C@H]3NC(=O)c2cn[nH]c2)cc1. The average molecular weight is 365 g/mol. The number of fused-ring (bicyclic) bond motifs is 1. The van der Waals surface area contributed by atoms with Crippen LogP contribution in [0.2, 0.25) is 0 Å². The number of hydrogen-bond donors (Lipinski definition) is 2. The predicted molar refractivity (Wildman–Crippen MR) is 101 cm³/mol. The zero-order valence-corrected chi connectivity index (χ0v) is 15.7. The molecule has 4 rings (SSSR count). The summed E-state index contributed by atoms with van der Waals surface area (Å²) in [6.07, 6.45) is 6.76. The van der Waals surface area contributed by atoms with Crippen LogP contribution in [0.1, 0.15) is 47.9 Å². The number of H-pyrrole nitrogens is 1. The lowest BCUT2D eigenvalue weighted by Gasteiger charge is -2.35. The Hall–Kier alpha value is -3.09. The third-order valence-corrected chi connectivity index (χ3v) is 5.06. The van der Waals surface area contributed by atoms with Crippen LogP contribution in [0.5, 0.6) is 5.75 Å². The fraction of sp³-hybridized carbons (Fsp3) is 0.350. The summed E-state index contributed by atoms with van der Waals surface area (Å²) in [5, 5.41) is 14.3. The first-order chi connectivity index (χ1) is 13.0. The van der Waals surface area contributed by atoms with Crippen LogP contribution >= 0.6 is 0 Å². The molecule has 0 unspecified atom stereocenters. The van der Waals surface area contributed by atoms with Gasteiger partial charge in [-0.1, -0.05) is 13.8 Å². The Bertz CT molecular complexity index is 941. The number of hydrogen-bond acceptors (Lipinski definition) is 4. The largest absolute Gasteiger partial charge is 0.497 e. The van der Waals surface area contributed by atoms with Gasteiger partial charge in [0, 0.05) is 11.8 Å². The summed E-state index contributed by atoms with van der Waals surface area (Å²) < 4.78 is 7.21. The van der Waals surface area contributed by atoms with Crippen LogP contribution in [0.4, 0.5) is 0 Å². The molecule has 0 radical (unpaired) electrons. The summed E-state index contributed by atoms with van der Waals surface area (Å²) in [6.45, 7) is 4.44. The van der Waals surface area contributed by atoms with Crippen molar-refractivity contribution >= 4 is 5.91 Å². The number of rotatable bonds is 4. The average Bonchev–Trinajstić information content (AvgIpc) is 3.31. The van der Waals surface area contributed by atoms with Crippen molar-refractivity contribution in [1.29, 1.82) is 0 Å². The van der Waals surface area contributed by atoms with Crippen LogP contribution in [-0.4, -0.2) is 33.0 Å². The van der Waals surface area contributed by atoms with Gasteiger partial charge in [-0.15, -0.1) is 0 Å². The van der Waals surface area contributed by atoms with Gasteiger partial charge in [-0.3, -0.25) is 9.89 Å². The normalized spacial score (nSPS) is 18.0. The molecule has 1 aliphatic rings. The Balaban J connectivity index is 1.67. The van der Waals surface area contributed by atoms with Crippen LogP contribution in [0, 0.1) is 5.41 Å². The molecule has 140 valence electrons. The molecule has 2 heterocycles. The van der Waals surface area contributed by atoms with E-state index in [1.165, 1.54) is 6.20 Å². The molecule has 2 N–H and O–H groups in total. The molecule has 1 atom stereocenters. The van der Waals surface area contributed by atoms with Gasteiger partial charge in [0.25, 0.3) is 5.91 Å². The second-order valence-corrected chi connectivity index (χ2v) is 7.71. The van der Waals surface area contributed by atoms with E-state index < -0.39 is 0 Å². The molecule has 0 aliphatic heterocycles. The molecule has 7 nitrogen and oxygen atoms in total. The maximum absolute atomic E-state index is 12.5. The zero-order chi connectivity index (χ0) is 19.0. The summed E-state index contributed by atoms with van der Waals surface area (Å²) in [5.41, 5.74) is 3.76. The van der Waals surface area contributed by atoms with Crippen molar-refractivity contribution in [3.8, 4) is 11.4 Å². The maximum atomic E-state index is 12.5. The fourth-order valence-electron chi connectivity index (χ4n) is 3.73. The van der Waals surface area contributed by atoms with E-state index in [0.29, 0.717) is 5.56 Å². The van der Waals surface area contributed by atoms with E-state index in [4.69, 9.17) is 4.74 Å². The molecule has 27 heavy (non-hydrogen) atoms. The Morgan fingerprint density at radius 1 is 1.30 bits per heavy atom. The second-order valence-electron chi connectivity index (χ2n) is 7.71. The van der Waals surface area contributed by atoms with Gasteiger partial charge < -0.3 is 10.1 Å². The van der Waals surface area contributed by atoms with Gasteiger partial charge in [0.05, 0.1) is 42.5 Å². The van der Waals surface area contributed by atoms with Gasteiger partial charge in [-0.05, 0) is 42.5 Å². The number of aromatic amines is 1. The van der Waals surface area contributed by atoms with E-state index in [0.717, 1.165) is 35.5 Å². The number of aromatic nitrogens is 4. The van der Waals surface area contributed by atoms with Crippen molar-refractivity contribution in [3.63, 3.8) is 0 Å². The second kappa shape index (κ2) is 6.57. The van der Waals surface area contributed by atoms with Crippen LogP contribution in [0.25, 0.3) is 5.69 Å². The van der Waals surface area contributed by atoms with Crippen molar-refractivity contribution in [1.82, 2.24) is 25.3 Å². The first-order valence-electron chi connectivity index (χ1n) is 8.98. The first kappa shape index (κ1) is 17.3. The van der Waals surface area contributed by atoms with Crippen LogP contribution < -0.4 is 10.1 Å². The van der Waals surface area contributed by atoms with E-state index in [1.807, 2.05) is 35.1 Å². The van der Waals surface area contributed by atoms with Crippen molar-refractivity contribution < 1.29 is 9.53 Å².